The summed E-state index contributed by atoms with van der Waals surface area (Å²) in [5.74, 6) is 1.65. The van der Waals surface area contributed by atoms with Gasteiger partial charge in [-0.15, -0.1) is 0 Å². The van der Waals surface area contributed by atoms with Crippen molar-refractivity contribution in [3.05, 3.63) is 59.7 Å². The van der Waals surface area contributed by atoms with Gasteiger partial charge in [0.2, 0.25) is 0 Å². The van der Waals surface area contributed by atoms with Crippen LogP contribution in [-0.2, 0) is 15.9 Å². The normalized spacial score (nSPS) is 13.3. The molecule has 25 heavy (non-hydrogen) atoms. The lowest BCUT2D eigenvalue weighted by Gasteiger charge is -2.16. The largest absolute Gasteiger partial charge is 0.465 e. The van der Waals surface area contributed by atoms with Crippen LogP contribution in [-0.4, -0.2) is 26.8 Å². The lowest BCUT2D eigenvalue weighted by atomic mass is 10.0. The molecule has 4 heteroatoms. The van der Waals surface area contributed by atoms with Crippen LogP contribution in [0.25, 0.3) is 0 Å². The van der Waals surface area contributed by atoms with E-state index in [9.17, 15) is 0 Å². The van der Waals surface area contributed by atoms with Crippen molar-refractivity contribution >= 4 is 0 Å². The molecule has 0 aromatic heterocycles. The Morgan fingerprint density at radius 2 is 1.00 bits per heavy atom. The summed E-state index contributed by atoms with van der Waals surface area (Å²) >= 11 is 0. The molecule has 0 aliphatic heterocycles. The third-order valence-corrected chi connectivity index (χ3v) is 3.98. The van der Waals surface area contributed by atoms with E-state index in [1.165, 1.54) is 11.1 Å². The van der Waals surface area contributed by atoms with Gasteiger partial charge in [-0.25, -0.2) is 0 Å². The van der Waals surface area contributed by atoms with E-state index in [0.29, 0.717) is 0 Å². The van der Waals surface area contributed by atoms with E-state index in [-0.39, 0.29) is 12.6 Å². The van der Waals surface area contributed by atoms with Crippen LogP contribution in [0.2, 0.25) is 0 Å². The SMILES string of the molecule is CCC(OC)Oc1ccc(Cc2ccc(OC(CC)OC)cc2)cc1. The second-order valence-corrected chi connectivity index (χ2v) is 5.85. The summed E-state index contributed by atoms with van der Waals surface area (Å²) in [6.45, 7) is 4.07. The first-order valence-corrected chi connectivity index (χ1v) is 8.75. The number of hydrogen-bond acceptors (Lipinski definition) is 4. The maximum absolute atomic E-state index is 5.74. The van der Waals surface area contributed by atoms with E-state index in [4.69, 9.17) is 18.9 Å². The fraction of sp³-hybridized carbons (Fsp3) is 0.429. The van der Waals surface area contributed by atoms with Crippen LogP contribution < -0.4 is 9.47 Å². The minimum atomic E-state index is -0.197. The fourth-order valence-corrected chi connectivity index (χ4v) is 2.51. The molecule has 0 spiro atoms. The first kappa shape index (κ1) is 19.3. The molecule has 2 aromatic rings. The Hall–Kier alpha value is -2.04. The predicted molar refractivity (Wildman–Crippen MR) is 99.1 cm³/mol. The summed E-state index contributed by atoms with van der Waals surface area (Å²) in [6.07, 6.45) is 2.10. The molecule has 0 N–H and O–H groups in total. The van der Waals surface area contributed by atoms with E-state index in [1.807, 2.05) is 38.1 Å². The monoisotopic (exact) mass is 344 g/mol. The second kappa shape index (κ2) is 10.1. The quantitative estimate of drug-likeness (QED) is 0.580. The molecular formula is C21H28O4. The van der Waals surface area contributed by atoms with Crippen molar-refractivity contribution in [1.29, 1.82) is 0 Å². The lowest BCUT2D eigenvalue weighted by Crippen LogP contribution is -2.17. The average molecular weight is 344 g/mol. The first-order valence-electron chi connectivity index (χ1n) is 8.75. The summed E-state index contributed by atoms with van der Waals surface area (Å²) < 4.78 is 22.0. The Kier molecular flexibility index (Phi) is 7.76. The van der Waals surface area contributed by atoms with Gasteiger partial charge in [0.15, 0.2) is 12.6 Å². The van der Waals surface area contributed by atoms with E-state index in [1.54, 1.807) is 14.2 Å². The zero-order chi connectivity index (χ0) is 18.1. The highest BCUT2D eigenvalue weighted by molar-refractivity contribution is 5.34. The molecule has 0 fully saturated rings. The molecule has 2 aromatic carbocycles. The summed E-state index contributed by atoms with van der Waals surface area (Å²) in [7, 11) is 3.32. The van der Waals surface area contributed by atoms with Crippen molar-refractivity contribution in [1.82, 2.24) is 0 Å². The number of ether oxygens (including phenoxy) is 4. The number of methoxy groups -OCH3 is 2. The molecule has 4 nitrogen and oxygen atoms in total. The lowest BCUT2D eigenvalue weighted by molar-refractivity contribution is -0.0550. The maximum atomic E-state index is 5.74. The van der Waals surface area contributed by atoms with Gasteiger partial charge in [0.25, 0.3) is 0 Å². The Morgan fingerprint density at radius 3 is 1.28 bits per heavy atom. The Labute approximate surface area is 150 Å². The van der Waals surface area contributed by atoms with Crippen LogP contribution in [0, 0.1) is 0 Å². The molecule has 2 atom stereocenters. The number of rotatable bonds is 10. The van der Waals surface area contributed by atoms with Crippen LogP contribution in [0.3, 0.4) is 0 Å². The van der Waals surface area contributed by atoms with Gasteiger partial charge in [-0.05, 0) is 41.8 Å². The van der Waals surface area contributed by atoms with Crippen molar-refractivity contribution in [2.75, 3.05) is 14.2 Å². The van der Waals surface area contributed by atoms with Crippen molar-refractivity contribution in [2.24, 2.45) is 0 Å². The van der Waals surface area contributed by atoms with Crippen LogP contribution in [0.4, 0.5) is 0 Å². The summed E-state index contributed by atoms with van der Waals surface area (Å²) in [6, 6.07) is 16.3. The smallest absolute Gasteiger partial charge is 0.199 e. The number of hydrogen-bond donors (Lipinski definition) is 0. The van der Waals surface area contributed by atoms with Crippen molar-refractivity contribution in [3.63, 3.8) is 0 Å². The van der Waals surface area contributed by atoms with Gasteiger partial charge in [0, 0.05) is 27.1 Å². The van der Waals surface area contributed by atoms with Gasteiger partial charge in [-0.3, -0.25) is 0 Å². The maximum Gasteiger partial charge on any atom is 0.199 e. The van der Waals surface area contributed by atoms with Crippen LogP contribution in [0.15, 0.2) is 48.5 Å². The van der Waals surface area contributed by atoms with E-state index in [0.717, 1.165) is 30.8 Å². The van der Waals surface area contributed by atoms with Crippen LogP contribution >= 0.6 is 0 Å². The topological polar surface area (TPSA) is 36.9 Å². The molecule has 0 bridgehead atoms. The molecule has 136 valence electrons. The van der Waals surface area contributed by atoms with Crippen molar-refractivity contribution in [3.8, 4) is 11.5 Å². The van der Waals surface area contributed by atoms with Crippen molar-refractivity contribution in [2.45, 2.75) is 45.7 Å². The van der Waals surface area contributed by atoms with Crippen molar-refractivity contribution < 1.29 is 18.9 Å². The highest BCUT2D eigenvalue weighted by Gasteiger charge is 2.07. The summed E-state index contributed by atoms with van der Waals surface area (Å²) in [5, 5.41) is 0. The molecule has 0 saturated carbocycles. The Morgan fingerprint density at radius 1 is 0.640 bits per heavy atom. The average Bonchev–Trinajstić information content (AvgIpc) is 2.66. The molecule has 2 rings (SSSR count). The van der Waals surface area contributed by atoms with Crippen LogP contribution in [0.5, 0.6) is 11.5 Å². The highest BCUT2D eigenvalue weighted by atomic mass is 16.7. The summed E-state index contributed by atoms with van der Waals surface area (Å²) in [4.78, 5) is 0. The van der Waals surface area contributed by atoms with Gasteiger partial charge in [0.05, 0.1) is 0 Å². The zero-order valence-electron chi connectivity index (χ0n) is 15.5. The van der Waals surface area contributed by atoms with Gasteiger partial charge >= 0.3 is 0 Å². The van der Waals surface area contributed by atoms with E-state index in [2.05, 4.69) is 24.3 Å². The van der Waals surface area contributed by atoms with Gasteiger partial charge in [0.1, 0.15) is 11.5 Å². The Balaban J connectivity index is 1.93. The molecular weight excluding hydrogens is 316 g/mol. The molecule has 0 saturated heterocycles. The molecule has 0 aliphatic rings. The molecule has 0 aliphatic carbocycles. The zero-order valence-corrected chi connectivity index (χ0v) is 15.5. The highest BCUT2D eigenvalue weighted by Crippen LogP contribution is 2.20. The third kappa shape index (κ3) is 6.07. The third-order valence-electron chi connectivity index (χ3n) is 3.98. The molecule has 0 heterocycles. The van der Waals surface area contributed by atoms with Crippen LogP contribution in [0.1, 0.15) is 37.8 Å². The number of benzene rings is 2. The standard InChI is InChI=1S/C21H28O4/c1-5-20(22-3)24-18-11-7-16(8-12-18)15-17-9-13-19(14-10-17)25-21(6-2)23-4/h7-14,20-21H,5-6,15H2,1-4H3. The molecule has 0 amide bonds. The Bertz CT molecular complexity index is 543. The van der Waals surface area contributed by atoms with E-state index < -0.39 is 0 Å². The summed E-state index contributed by atoms with van der Waals surface area (Å²) in [5.41, 5.74) is 2.46. The van der Waals surface area contributed by atoms with E-state index >= 15 is 0 Å². The van der Waals surface area contributed by atoms with Gasteiger partial charge in [-0.2, -0.15) is 0 Å². The predicted octanol–water partition coefficient (Wildman–Crippen LogP) is 4.80. The van der Waals surface area contributed by atoms with Gasteiger partial charge in [-0.1, -0.05) is 38.1 Å². The van der Waals surface area contributed by atoms with Gasteiger partial charge < -0.3 is 18.9 Å². The molecule has 2 unspecified atom stereocenters. The first-order chi connectivity index (χ1) is 12.2. The minimum Gasteiger partial charge on any atom is -0.465 e. The molecule has 0 radical (unpaired) electrons. The minimum absolute atomic E-state index is 0.197. The fourth-order valence-electron chi connectivity index (χ4n) is 2.51. The second-order valence-electron chi connectivity index (χ2n) is 5.85.